The van der Waals surface area contributed by atoms with Crippen LogP contribution in [0.25, 0.3) is 0 Å². The summed E-state index contributed by atoms with van der Waals surface area (Å²) in [5, 5.41) is 2.77. The number of ketones is 2. The lowest BCUT2D eigenvalue weighted by Crippen LogP contribution is -2.42. The van der Waals surface area contributed by atoms with Crippen LogP contribution in [0.5, 0.6) is 0 Å². The van der Waals surface area contributed by atoms with E-state index in [2.05, 4.69) is 21.2 Å². The Hall–Kier alpha value is -2.85. The first kappa shape index (κ1) is 28.2. The second-order valence-electron chi connectivity index (χ2n) is 9.57. The number of sulfonamides is 1. The highest BCUT2D eigenvalue weighted by Crippen LogP contribution is 2.28. The maximum Gasteiger partial charge on any atom is 0.296 e. The second-order valence-corrected chi connectivity index (χ2v) is 12.8. The van der Waals surface area contributed by atoms with Gasteiger partial charge in [0.1, 0.15) is 0 Å². The highest BCUT2D eigenvalue weighted by molar-refractivity contribution is 9.10. The average molecular weight is 618 g/mol. The van der Waals surface area contributed by atoms with E-state index in [0.29, 0.717) is 17.6 Å². The zero-order chi connectivity index (χ0) is 27.6. The summed E-state index contributed by atoms with van der Waals surface area (Å²) in [5.41, 5.74) is 0.574. The molecule has 0 spiro atoms. The second kappa shape index (κ2) is 11.5. The van der Waals surface area contributed by atoms with E-state index < -0.39 is 27.5 Å². The minimum absolute atomic E-state index is 0.0259. The maximum absolute atomic E-state index is 13.2. The van der Waals surface area contributed by atoms with Crippen LogP contribution in [0.4, 0.5) is 5.69 Å². The normalized spacial score (nSPS) is 18.1. The third-order valence-electron chi connectivity index (χ3n) is 6.39. The zero-order valence-electron chi connectivity index (χ0n) is 20.8. The molecule has 7 nitrogen and oxygen atoms in total. The van der Waals surface area contributed by atoms with Gasteiger partial charge in [0, 0.05) is 34.3 Å². The van der Waals surface area contributed by atoms with Crippen molar-refractivity contribution in [3.8, 4) is 0 Å². The van der Waals surface area contributed by atoms with E-state index >= 15 is 0 Å². The van der Waals surface area contributed by atoms with Crippen molar-refractivity contribution >= 4 is 60.7 Å². The summed E-state index contributed by atoms with van der Waals surface area (Å²) in [6, 6.07) is 16.5. The van der Waals surface area contributed by atoms with Gasteiger partial charge < -0.3 is 5.32 Å². The summed E-state index contributed by atoms with van der Waals surface area (Å²) in [6.45, 7) is 4.94. The lowest BCUT2D eigenvalue weighted by atomic mass is 9.94. The Morgan fingerprint density at radius 1 is 0.921 bits per heavy atom. The van der Waals surface area contributed by atoms with Crippen LogP contribution in [0.3, 0.4) is 0 Å². The van der Waals surface area contributed by atoms with Crippen molar-refractivity contribution in [1.82, 2.24) is 4.31 Å². The third-order valence-corrected chi connectivity index (χ3v) is 9.06. The van der Waals surface area contributed by atoms with Gasteiger partial charge >= 0.3 is 0 Å². The number of nitrogens with zero attached hydrogens (tertiary/aromatic N) is 1. The van der Waals surface area contributed by atoms with Crippen molar-refractivity contribution in [3.05, 3.63) is 92.9 Å². The van der Waals surface area contributed by atoms with Gasteiger partial charge in [-0.3, -0.25) is 14.4 Å². The summed E-state index contributed by atoms with van der Waals surface area (Å²) in [5.74, 6) is -1.74. The van der Waals surface area contributed by atoms with Crippen LogP contribution in [0.1, 0.15) is 46.5 Å². The fraction of sp³-hybridized carbons (Fsp3) is 0.250. The third kappa shape index (κ3) is 6.07. The number of nitrogens with one attached hydrogen (secondary N) is 1. The molecule has 1 aliphatic rings. The largest absolute Gasteiger partial charge is 0.318 e. The van der Waals surface area contributed by atoms with Crippen LogP contribution >= 0.6 is 27.5 Å². The topological polar surface area (TPSA) is 101 Å². The zero-order valence-corrected chi connectivity index (χ0v) is 23.9. The Kier molecular flexibility index (Phi) is 8.52. The first-order valence-corrected chi connectivity index (χ1v) is 14.6. The number of anilines is 1. The quantitative estimate of drug-likeness (QED) is 0.266. The number of Topliss-reactive ketones (excluding diaryl/α,β-unsaturated/α-hetero) is 1. The fourth-order valence-corrected chi connectivity index (χ4v) is 6.91. The Morgan fingerprint density at radius 2 is 1.55 bits per heavy atom. The van der Waals surface area contributed by atoms with E-state index in [0.717, 1.165) is 6.42 Å². The van der Waals surface area contributed by atoms with Gasteiger partial charge in [-0.1, -0.05) is 53.5 Å². The van der Waals surface area contributed by atoms with Crippen LogP contribution in [-0.2, 0) is 14.8 Å². The molecule has 2 unspecified atom stereocenters. The number of benzene rings is 3. The van der Waals surface area contributed by atoms with Gasteiger partial charge in [-0.2, -0.15) is 4.31 Å². The van der Waals surface area contributed by atoms with E-state index in [1.165, 1.54) is 40.7 Å². The average Bonchev–Trinajstić information content (AvgIpc) is 2.88. The molecule has 10 heteroatoms. The number of amides is 1. The molecule has 2 atom stereocenters. The molecule has 1 fully saturated rings. The first-order chi connectivity index (χ1) is 18.0. The molecule has 38 heavy (non-hydrogen) atoms. The number of rotatable bonds is 7. The van der Waals surface area contributed by atoms with Crippen LogP contribution in [-0.4, -0.2) is 43.3 Å². The molecule has 3 aromatic rings. The molecule has 3 aromatic carbocycles. The van der Waals surface area contributed by atoms with E-state index in [1.807, 2.05) is 13.8 Å². The van der Waals surface area contributed by atoms with Crippen molar-refractivity contribution in [2.75, 3.05) is 18.4 Å². The molecule has 0 aliphatic carbocycles. The van der Waals surface area contributed by atoms with Gasteiger partial charge in [0.05, 0.1) is 15.6 Å². The minimum Gasteiger partial charge on any atom is -0.318 e. The molecule has 0 bridgehead atoms. The Labute approximate surface area is 235 Å². The van der Waals surface area contributed by atoms with Gasteiger partial charge in [-0.25, -0.2) is 8.42 Å². The van der Waals surface area contributed by atoms with Gasteiger partial charge in [0.15, 0.2) is 5.78 Å². The Morgan fingerprint density at radius 3 is 2.18 bits per heavy atom. The summed E-state index contributed by atoms with van der Waals surface area (Å²) in [7, 11) is -3.72. The number of carbonyl (C=O) groups excluding carboxylic acids is 3. The lowest BCUT2D eigenvalue weighted by molar-refractivity contribution is -0.112. The standard InChI is InChI=1S/C28H26BrClN2O5S/c1-17-13-18(2)16-32(15-17)38(36,37)21-10-7-19(8-11-21)26(33)28(35)31-25-12-9-20(29)14-23(25)27(34)22-5-3-4-6-24(22)30/h3-12,14,17-18H,13,15-16H2,1-2H3,(H,31,35). The van der Waals surface area contributed by atoms with E-state index in [1.54, 1.807) is 30.3 Å². The molecule has 1 heterocycles. The molecule has 1 aliphatic heterocycles. The summed E-state index contributed by atoms with van der Waals surface area (Å²) in [4.78, 5) is 39.0. The molecule has 0 saturated carbocycles. The number of piperidine rings is 1. The minimum atomic E-state index is -3.72. The molecule has 0 radical (unpaired) electrons. The number of hydrogen-bond donors (Lipinski definition) is 1. The van der Waals surface area contributed by atoms with Gasteiger partial charge in [0.25, 0.3) is 11.7 Å². The highest BCUT2D eigenvalue weighted by Gasteiger charge is 2.32. The molecular formula is C28H26BrClN2O5S. The van der Waals surface area contributed by atoms with Crippen molar-refractivity contribution in [1.29, 1.82) is 0 Å². The van der Waals surface area contributed by atoms with Crippen LogP contribution < -0.4 is 5.32 Å². The first-order valence-electron chi connectivity index (χ1n) is 12.0. The molecule has 1 saturated heterocycles. The molecule has 4 rings (SSSR count). The fourth-order valence-electron chi connectivity index (χ4n) is 4.64. The lowest BCUT2D eigenvalue weighted by Gasteiger charge is -2.34. The number of hydrogen-bond acceptors (Lipinski definition) is 5. The van der Waals surface area contributed by atoms with E-state index in [4.69, 9.17) is 11.6 Å². The van der Waals surface area contributed by atoms with Crippen molar-refractivity contribution < 1.29 is 22.8 Å². The van der Waals surface area contributed by atoms with Crippen molar-refractivity contribution in [3.63, 3.8) is 0 Å². The van der Waals surface area contributed by atoms with Crippen molar-refractivity contribution in [2.24, 2.45) is 11.8 Å². The van der Waals surface area contributed by atoms with Gasteiger partial charge in [0.2, 0.25) is 10.0 Å². The monoisotopic (exact) mass is 616 g/mol. The Balaban J connectivity index is 1.53. The van der Waals surface area contributed by atoms with Crippen LogP contribution in [0.2, 0.25) is 5.02 Å². The van der Waals surface area contributed by atoms with Crippen LogP contribution in [0.15, 0.2) is 76.1 Å². The molecule has 1 N–H and O–H groups in total. The summed E-state index contributed by atoms with van der Waals surface area (Å²) < 4.78 is 28.3. The smallest absolute Gasteiger partial charge is 0.296 e. The van der Waals surface area contributed by atoms with Gasteiger partial charge in [-0.15, -0.1) is 0 Å². The van der Waals surface area contributed by atoms with E-state index in [-0.39, 0.29) is 44.1 Å². The Bertz CT molecular complexity index is 1500. The highest BCUT2D eigenvalue weighted by atomic mass is 79.9. The van der Waals surface area contributed by atoms with Gasteiger partial charge in [-0.05, 0) is 72.9 Å². The number of halogens is 2. The SMILES string of the molecule is CC1CC(C)CN(S(=O)(=O)c2ccc(C(=O)C(=O)Nc3ccc(Br)cc3C(=O)c3ccccc3Cl)cc2)C1. The summed E-state index contributed by atoms with van der Waals surface area (Å²) in [6.07, 6.45) is 0.971. The predicted octanol–water partition coefficient (Wildman–Crippen LogP) is 5.82. The predicted molar refractivity (Wildman–Crippen MR) is 150 cm³/mol. The molecule has 0 aromatic heterocycles. The van der Waals surface area contributed by atoms with Crippen LogP contribution in [0, 0.1) is 11.8 Å². The van der Waals surface area contributed by atoms with E-state index in [9.17, 15) is 22.8 Å². The van der Waals surface area contributed by atoms with Crippen molar-refractivity contribution in [2.45, 2.75) is 25.2 Å². The maximum atomic E-state index is 13.2. The molecule has 198 valence electrons. The molecule has 1 amide bonds. The number of carbonyl (C=O) groups is 3. The summed E-state index contributed by atoms with van der Waals surface area (Å²) >= 11 is 9.51. The molecular weight excluding hydrogens is 592 g/mol.